The largest absolute Gasteiger partial charge is 0.493 e. The Kier molecular flexibility index (Phi) is 6.73. The molecule has 1 atom stereocenters. The number of allylic oxidation sites excluding steroid dienone is 3. The van der Waals surface area contributed by atoms with Crippen LogP contribution in [-0.2, 0) is 20.9 Å². The van der Waals surface area contributed by atoms with Crippen molar-refractivity contribution in [2.75, 3.05) is 6.61 Å². The number of ether oxygens (including phenoxy) is 1. The van der Waals surface area contributed by atoms with E-state index in [-0.39, 0.29) is 6.04 Å². The van der Waals surface area contributed by atoms with Crippen molar-refractivity contribution in [1.29, 1.82) is 0 Å². The molecular formula is C19H23N3O5. The lowest BCUT2D eigenvalue weighted by molar-refractivity contribution is -0.134. The lowest BCUT2D eigenvalue weighted by Crippen LogP contribution is -2.33. The van der Waals surface area contributed by atoms with Crippen LogP contribution in [0, 0.1) is 0 Å². The first-order valence-corrected chi connectivity index (χ1v) is 8.53. The molecule has 0 fully saturated rings. The molecule has 2 aliphatic carbocycles. The van der Waals surface area contributed by atoms with E-state index in [9.17, 15) is 9.59 Å². The van der Waals surface area contributed by atoms with Crippen molar-refractivity contribution in [3.8, 4) is 0 Å². The molecule has 0 unspecified atom stereocenters. The number of carboxylic acids is 2. The van der Waals surface area contributed by atoms with Crippen molar-refractivity contribution in [2.45, 2.75) is 32.9 Å². The molecule has 8 nitrogen and oxygen atoms in total. The highest BCUT2D eigenvalue weighted by Gasteiger charge is 2.20. The molecule has 0 spiro atoms. The zero-order valence-electron chi connectivity index (χ0n) is 15.3. The summed E-state index contributed by atoms with van der Waals surface area (Å²) >= 11 is 0. The number of nitrogens with two attached hydrogens (primary N) is 1. The first kappa shape index (κ1) is 20.2. The first-order valence-electron chi connectivity index (χ1n) is 8.53. The molecule has 8 heteroatoms. The smallest absolute Gasteiger partial charge is 0.328 e. The molecule has 144 valence electrons. The quantitative estimate of drug-likeness (QED) is 0.605. The maximum Gasteiger partial charge on any atom is 0.328 e. The third-order valence-corrected chi connectivity index (χ3v) is 3.80. The number of carboxylic acid groups (broad SMARTS) is 2. The summed E-state index contributed by atoms with van der Waals surface area (Å²) in [5, 5.41) is 22.4. The summed E-state index contributed by atoms with van der Waals surface area (Å²) in [6.45, 7) is 5.43. The van der Waals surface area contributed by atoms with Crippen LogP contribution in [-0.4, -0.2) is 44.6 Å². The molecule has 0 aliphatic heterocycles. The normalized spacial score (nSPS) is 15.6. The summed E-state index contributed by atoms with van der Waals surface area (Å²) in [6, 6.07) is 0.100. The van der Waals surface area contributed by atoms with Gasteiger partial charge in [-0.3, -0.25) is 4.68 Å². The Morgan fingerprint density at radius 3 is 2.59 bits per heavy atom. The Bertz CT molecular complexity index is 919. The summed E-state index contributed by atoms with van der Waals surface area (Å²) in [7, 11) is 0. The van der Waals surface area contributed by atoms with E-state index in [0.29, 0.717) is 18.8 Å². The van der Waals surface area contributed by atoms with Crippen LogP contribution < -0.4 is 16.3 Å². The SMILES string of the molecule is CCOC1=C2C=c3c(cnn3C[C@@H](C)N)=C2CC=C1.O=C(O)C=CC(=O)O. The number of aromatic nitrogens is 2. The lowest BCUT2D eigenvalue weighted by Gasteiger charge is -2.14. The third-order valence-electron chi connectivity index (χ3n) is 3.80. The average molecular weight is 373 g/mol. The third kappa shape index (κ3) is 5.18. The summed E-state index contributed by atoms with van der Waals surface area (Å²) in [4.78, 5) is 19.1. The van der Waals surface area contributed by atoms with Gasteiger partial charge in [0.05, 0.1) is 24.7 Å². The Hall–Kier alpha value is -3.13. The lowest BCUT2D eigenvalue weighted by atomic mass is 9.99. The number of rotatable bonds is 6. The van der Waals surface area contributed by atoms with Crippen molar-refractivity contribution in [3.05, 3.63) is 52.4 Å². The first-order chi connectivity index (χ1) is 12.8. The Balaban J connectivity index is 0.000000279. The topological polar surface area (TPSA) is 128 Å². The predicted molar refractivity (Wildman–Crippen MR) is 99.8 cm³/mol. The number of hydrogen-bond donors (Lipinski definition) is 3. The van der Waals surface area contributed by atoms with Gasteiger partial charge in [-0.1, -0.05) is 6.08 Å². The highest BCUT2D eigenvalue weighted by molar-refractivity contribution is 5.89. The summed E-state index contributed by atoms with van der Waals surface area (Å²) in [6.07, 6.45) is 10.4. The second kappa shape index (κ2) is 9.00. The zero-order chi connectivity index (χ0) is 20.0. The maximum absolute atomic E-state index is 9.55. The van der Waals surface area contributed by atoms with Crippen molar-refractivity contribution in [3.63, 3.8) is 0 Å². The molecule has 2 aliphatic rings. The van der Waals surface area contributed by atoms with Gasteiger partial charge in [0, 0.05) is 29.0 Å². The molecule has 1 aromatic heterocycles. The van der Waals surface area contributed by atoms with Crippen LogP contribution >= 0.6 is 0 Å². The predicted octanol–water partition coefficient (Wildman–Crippen LogP) is 0.137. The van der Waals surface area contributed by atoms with E-state index in [1.807, 2.05) is 24.7 Å². The van der Waals surface area contributed by atoms with Gasteiger partial charge in [-0.15, -0.1) is 0 Å². The second-order valence-electron chi connectivity index (χ2n) is 6.05. The van der Waals surface area contributed by atoms with Gasteiger partial charge in [-0.2, -0.15) is 5.10 Å². The summed E-state index contributed by atoms with van der Waals surface area (Å²) < 4.78 is 7.69. The second-order valence-corrected chi connectivity index (χ2v) is 6.05. The molecule has 0 radical (unpaired) electrons. The van der Waals surface area contributed by atoms with Gasteiger partial charge in [0.15, 0.2) is 0 Å². The van der Waals surface area contributed by atoms with E-state index in [0.717, 1.165) is 24.1 Å². The van der Waals surface area contributed by atoms with Crippen molar-refractivity contribution >= 4 is 23.6 Å². The van der Waals surface area contributed by atoms with E-state index in [4.69, 9.17) is 20.7 Å². The van der Waals surface area contributed by atoms with Gasteiger partial charge in [-0.25, -0.2) is 9.59 Å². The van der Waals surface area contributed by atoms with Crippen LogP contribution in [0.1, 0.15) is 20.3 Å². The van der Waals surface area contributed by atoms with E-state index < -0.39 is 11.9 Å². The highest BCUT2D eigenvalue weighted by atomic mass is 16.5. The molecule has 0 amide bonds. The Labute approximate surface area is 156 Å². The van der Waals surface area contributed by atoms with Crippen LogP contribution in [0.15, 0.2) is 41.8 Å². The number of carbonyl (C=O) groups is 2. The summed E-state index contributed by atoms with van der Waals surface area (Å²) in [5.74, 6) is -1.55. The fourth-order valence-electron chi connectivity index (χ4n) is 2.80. The van der Waals surface area contributed by atoms with Gasteiger partial charge >= 0.3 is 11.9 Å². The standard InChI is InChI=1S/C15H19N3O.C4H4O4/c1-3-19-15-6-4-5-11-12(15)7-14-13(11)8-17-18(14)9-10(2)16;5-3(6)1-2-4(7)8/h4,6-8,10H,3,5,9,16H2,1-2H3;1-2H,(H,5,6)(H,7,8)/t10-;/m1./s1. The van der Waals surface area contributed by atoms with Crippen LogP contribution in [0.5, 0.6) is 0 Å². The molecule has 3 rings (SSSR count). The minimum atomic E-state index is -1.26. The van der Waals surface area contributed by atoms with Crippen LogP contribution in [0.25, 0.3) is 11.6 Å². The molecule has 0 aromatic carbocycles. The zero-order valence-corrected chi connectivity index (χ0v) is 15.3. The van der Waals surface area contributed by atoms with Crippen molar-refractivity contribution in [1.82, 2.24) is 9.78 Å². The number of hydrogen-bond acceptors (Lipinski definition) is 5. The fraction of sp³-hybridized carbons (Fsp3) is 0.316. The van der Waals surface area contributed by atoms with Gasteiger partial charge in [0.2, 0.25) is 0 Å². The molecule has 1 aromatic rings. The number of aliphatic carboxylic acids is 2. The van der Waals surface area contributed by atoms with Crippen LogP contribution in [0.2, 0.25) is 0 Å². The van der Waals surface area contributed by atoms with Gasteiger partial charge in [0.25, 0.3) is 0 Å². The Morgan fingerprint density at radius 2 is 2.04 bits per heavy atom. The van der Waals surface area contributed by atoms with Gasteiger partial charge in [0.1, 0.15) is 5.76 Å². The van der Waals surface area contributed by atoms with Crippen LogP contribution in [0.3, 0.4) is 0 Å². The molecular weight excluding hydrogens is 350 g/mol. The van der Waals surface area contributed by atoms with Crippen molar-refractivity contribution in [2.24, 2.45) is 5.73 Å². The molecule has 0 saturated carbocycles. The van der Waals surface area contributed by atoms with Crippen LogP contribution in [0.4, 0.5) is 0 Å². The number of fused-ring (bicyclic) bond motifs is 2. The maximum atomic E-state index is 9.55. The molecule has 0 bridgehead atoms. The highest BCUT2D eigenvalue weighted by Crippen LogP contribution is 2.28. The minimum absolute atomic E-state index is 0.100. The van der Waals surface area contributed by atoms with Gasteiger partial charge in [-0.05, 0) is 38.0 Å². The van der Waals surface area contributed by atoms with E-state index in [2.05, 4.69) is 23.3 Å². The average Bonchev–Trinajstić information content (AvgIpc) is 3.14. The minimum Gasteiger partial charge on any atom is -0.493 e. The fourth-order valence-corrected chi connectivity index (χ4v) is 2.80. The number of nitrogens with zero attached hydrogens (tertiary/aromatic N) is 2. The van der Waals surface area contributed by atoms with E-state index in [1.54, 1.807) is 0 Å². The molecule has 4 N–H and O–H groups in total. The molecule has 0 saturated heterocycles. The van der Waals surface area contributed by atoms with E-state index in [1.165, 1.54) is 16.4 Å². The molecule has 1 heterocycles. The Morgan fingerprint density at radius 1 is 1.37 bits per heavy atom. The van der Waals surface area contributed by atoms with Gasteiger partial charge < -0.3 is 20.7 Å². The van der Waals surface area contributed by atoms with E-state index >= 15 is 0 Å². The molecule has 27 heavy (non-hydrogen) atoms. The van der Waals surface area contributed by atoms with Crippen molar-refractivity contribution < 1.29 is 24.5 Å². The monoisotopic (exact) mass is 373 g/mol. The summed E-state index contributed by atoms with van der Waals surface area (Å²) in [5.41, 5.74) is 8.39.